The molecule has 2 aliphatic heterocycles. The summed E-state index contributed by atoms with van der Waals surface area (Å²) in [6.45, 7) is 4.67. The van der Waals surface area contributed by atoms with E-state index in [1.54, 1.807) is 0 Å². The minimum absolute atomic E-state index is 0.409. The molecule has 0 unspecified atom stereocenters. The van der Waals surface area contributed by atoms with Crippen LogP contribution >= 0.6 is 0 Å². The summed E-state index contributed by atoms with van der Waals surface area (Å²) >= 11 is 0. The van der Waals surface area contributed by atoms with Crippen LogP contribution in [0.5, 0.6) is 0 Å². The lowest BCUT2D eigenvalue weighted by Gasteiger charge is -2.27. The summed E-state index contributed by atoms with van der Waals surface area (Å²) in [4.78, 5) is 4.60. The van der Waals surface area contributed by atoms with Gasteiger partial charge in [-0.1, -0.05) is 12.1 Å². The summed E-state index contributed by atoms with van der Waals surface area (Å²) in [7, 11) is 0. The van der Waals surface area contributed by atoms with Gasteiger partial charge in [-0.25, -0.2) is 0 Å². The van der Waals surface area contributed by atoms with Crippen molar-refractivity contribution in [2.45, 2.75) is 57.5 Å². The van der Waals surface area contributed by atoms with Crippen LogP contribution in [-0.4, -0.2) is 36.1 Å². The molecule has 2 aliphatic rings. The fourth-order valence-electron chi connectivity index (χ4n) is 3.15. The van der Waals surface area contributed by atoms with E-state index in [0.717, 1.165) is 70.1 Å². The minimum Gasteiger partial charge on any atom is -0.381 e. The van der Waals surface area contributed by atoms with E-state index < -0.39 is 0 Å². The van der Waals surface area contributed by atoms with Gasteiger partial charge in [0.05, 0.1) is 6.10 Å². The molecule has 1 aromatic rings. The lowest BCUT2D eigenvalue weighted by Crippen LogP contribution is -2.26. The molecule has 1 aromatic heterocycles. The predicted octanol–water partition coefficient (Wildman–Crippen LogP) is 2.71. The molecule has 2 atom stereocenters. The Morgan fingerprint density at radius 2 is 2.00 bits per heavy atom. The highest BCUT2D eigenvalue weighted by Crippen LogP contribution is 2.27. The first kappa shape index (κ1) is 14.0. The third-order valence-electron chi connectivity index (χ3n) is 4.46. The molecular weight excluding hydrogens is 256 g/mol. The second-order valence-electron chi connectivity index (χ2n) is 5.93. The highest BCUT2D eigenvalue weighted by molar-refractivity contribution is 4.97. The van der Waals surface area contributed by atoms with Crippen molar-refractivity contribution in [1.82, 2.24) is 10.1 Å². The first-order valence-corrected chi connectivity index (χ1v) is 7.87. The van der Waals surface area contributed by atoms with Gasteiger partial charge in [-0.3, -0.25) is 0 Å². The van der Waals surface area contributed by atoms with Gasteiger partial charge in [0.15, 0.2) is 5.82 Å². The molecule has 112 valence electrons. The molecule has 0 spiro atoms. The lowest BCUT2D eigenvalue weighted by molar-refractivity contribution is -0.0115. The number of hydrogen-bond acceptors (Lipinski definition) is 5. The van der Waals surface area contributed by atoms with Crippen LogP contribution < -0.4 is 0 Å². The number of hydrogen-bond donors (Lipinski definition) is 0. The summed E-state index contributed by atoms with van der Waals surface area (Å²) in [5, 5.41) is 4.17. The van der Waals surface area contributed by atoms with Gasteiger partial charge in [0.25, 0.3) is 0 Å². The van der Waals surface area contributed by atoms with Crippen LogP contribution in [0.2, 0.25) is 0 Å². The van der Waals surface area contributed by atoms with Gasteiger partial charge in [-0.15, -0.1) is 0 Å². The molecule has 0 bridgehead atoms. The Labute approximate surface area is 120 Å². The lowest BCUT2D eigenvalue weighted by atomic mass is 9.91. The largest absolute Gasteiger partial charge is 0.381 e. The third kappa shape index (κ3) is 3.38. The maximum absolute atomic E-state index is 5.71. The van der Waals surface area contributed by atoms with Gasteiger partial charge >= 0.3 is 0 Å². The van der Waals surface area contributed by atoms with E-state index >= 15 is 0 Å². The Balaban J connectivity index is 1.56. The van der Waals surface area contributed by atoms with Gasteiger partial charge in [0.2, 0.25) is 5.89 Å². The number of aromatic nitrogens is 2. The van der Waals surface area contributed by atoms with Crippen LogP contribution in [0.4, 0.5) is 0 Å². The molecule has 0 aliphatic carbocycles. The maximum Gasteiger partial charge on any atom is 0.226 e. The Hall–Kier alpha value is -0.940. The zero-order valence-corrected chi connectivity index (χ0v) is 12.2. The minimum atomic E-state index is 0.409. The van der Waals surface area contributed by atoms with Crippen molar-refractivity contribution in [3.8, 4) is 0 Å². The zero-order valence-electron chi connectivity index (χ0n) is 12.2. The van der Waals surface area contributed by atoms with Crippen LogP contribution in [0, 0.1) is 5.92 Å². The highest BCUT2D eigenvalue weighted by Gasteiger charge is 2.25. The van der Waals surface area contributed by atoms with Crippen molar-refractivity contribution >= 4 is 0 Å². The quantitative estimate of drug-likeness (QED) is 0.848. The average Bonchev–Trinajstić information content (AvgIpc) is 2.97. The fraction of sp³-hybridized carbons (Fsp3) is 0.867. The van der Waals surface area contributed by atoms with E-state index in [1.165, 1.54) is 0 Å². The van der Waals surface area contributed by atoms with E-state index in [0.29, 0.717) is 17.9 Å². The van der Waals surface area contributed by atoms with Crippen molar-refractivity contribution in [3.05, 3.63) is 11.7 Å². The van der Waals surface area contributed by atoms with Crippen LogP contribution in [0.1, 0.15) is 56.7 Å². The molecule has 0 N–H and O–H groups in total. The molecule has 5 nitrogen and oxygen atoms in total. The van der Waals surface area contributed by atoms with Crippen molar-refractivity contribution in [2.24, 2.45) is 5.92 Å². The summed E-state index contributed by atoms with van der Waals surface area (Å²) < 4.78 is 16.5. The SMILES string of the molecule is CC[C@H]1C[C@@H](Cc2nc(C3CCOCC3)no2)CCO1. The Kier molecular flexibility index (Phi) is 4.68. The van der Waals surface area contributed by atoms with Crippen LogP contribution in [0.25, 0.3) is 0 Å². The molecule has 2 fully saturated rings. The zero-order chi connectivity index (χ0) is 13.8. The summed E-state index contributed by atoms with van der Waals surface area (Å²) in [5.74, 6) is 2.71. The Morgan fingerprint density at radius 3 is 2.80 bits per heavy atom. The first-order chi connectivity index (χ1) is 9.85. The maximum atomic E-state index is 5.71. The van der Waals surface area contributed by atoms with E-state index in [2.05, 4.69) is 17.1 Å². The van der Waals surface area contributed by atoms with Crippen molar-refractivity contribution in [3.63, 3.8) is 0 Å². The molecule has 5 heteroatoms. The van der Waals surface area contributed by atoms with Crippen molar-refractivity contribution in [2.75, 3.05) is 19.8 Å². The standard InChI is InChI=1S/C15H24N2O3/c1-2-13-9-11(3-8-19-13)10-14-16-15(17-20-14)12-4-6-18-7-5-12/h11-13H,2-10H2,1H3/t11-,13-/m0/s1. The molecular formula is C15H24N2O3. The van der Waals surface area contributed by atoms with Crippen molar-refractivity contribution in [1.29, 1.82) is 0 Å². The van der Waals surface area contributed by atoms with Gasteiger partial charge in [0, 0.05) is 32.2 Å². The molecule has 0 aromatic carbocycles. The average molecular weight is 280 g/mol. The Bertz CT molecular complexity index is 415. The van der Waals surface area contributed by atoms with E-state index in [-0.39, 0.29) is 0 Å². The Morgan fingerprint density at radius 1 is 1.15 bits per heavy atom. The second-order valence-corrected chi connectivity index (χ2v) is 5.93. The number of rotatable bonds is 4. The highest BCUT2D eigenvalue weighted by atomic mass is 16.5. The molecule has 0 amide bonds. The predicted molar refractivity (Wildman–Crippen MR) is 73.6 cm³/mol. The van der Waals surface area contributed by atoms with Crippen LogP contribution in [0.3, 0.4) is 0 Å². The molecule has 3 rings (SSSR count). The van der Waals surface area contributed by atoms with E-state index in [1.807, 2.05) is 0 Å². The van der Waals surface area contributed by atoms with Gasteiger partial charge in [-0.2, -0.15) is 4.98 Å². The summed E-state index contributed by atoms with van der Waals surface area (Å²) in [5.41, 5.74) is 0. The van der Waals surface area contributed by atoms with Gasteiger partial charge < -0.3 is 14.0 Å². The fourth-order valence-corrected chi connectivity index (χ4v) is 3.15. The molecule has 3 heterocycles. The molecule has 0 saturated carbocycles. The summed E-state index contributed by atoms with van der Waals surface area (Å²) in [6, 6.07) is 0. The van der Waals surface area contributed by atoms with Gasteiger partial charge in [-0.05, 0) is 38.0 Å². The number of nitrogens with zero attached hydrogens (tertiary/aromatic N) is 2. The third-order valence-corrected chi connectivity index (χ3v) is 4.46. The van der Waals surface area contributed by atoms with Gasteiger partial charge in [0.1, 0.15) is 0 Å². The smallest absolute Gasteiger partial charge is 0.226 e. The first-order valence-electron chi connectivity index (χ1n) is 7.87. The monoisotopic (exact) mass is 280 g/mol. The second kappa shape index (κ2) is 6.68. The number of ether oxygens (including phenoxy) is 2. The molecule has 20 heavy (non-hydrogen) atoms. The van der Waals surface area contributed by atoms with E-state index in [9.17, 15) is 0 Å². The van der Waals surface area contributed by atoms with E-state index in [4.69, 9.17) is 14.0 Å². The van der Waals surface area contributed by atoms with Crippen LogP contribution in [-0.2, 0) is 15.9 Å². The van der Waals surface area contributed by atoms with Crippen molar-refractivity contribution < 1.29 is 14.0 Å². The van der Waals surface area contributed by atoms with Crippen LogP contribution in [0.15, 0.2) is 4.52 Å². The normalized spacial score (nSPS) is 28.6. The molecule has 0 radical (unpaired) electrons. The summed E-state index contributed by atoms with van der Waals surface area (Å²) in [6.07, 6.45) is 6.63. The topological polar surface area (TPSA) is 57.4 Å². The molecule has 2 saturated heterocycles.